The average Bonchev–Trinajstić information content (AvgIpc) is 2.74. The zero-order valence-electron chi connectivity index (χ0n) is 17.1. The van der Waals surface area contributed by atoms with Gasteiger partial charge in [-0.3, -0.25) is 4.90 Å². The van der Waals surface area contributed by atoms with Gasteiger partial charge in [-0.2, -0.15) is 0 Å². The second-order valence-electron chi connectivity index (χ2n) is 7.24. The fraction of sp³-hybridized carbons (Fsp3) is 0.478. The molecule has 2 aromatic carbocycles. The number of morpholine rings is 1. The zero-order chi connectivity index (χ0) is 19.6. The predicted octanol–water partition coefficient (Wildman–Crippen LogP) is 3.39. The number of nitrogens with one attached hydrogen (secondary N) is 1. The van der Waals surface area contributed by atoms with Gasteiger partial charge in [-0.25, -0.2) is 0 Å². The van der Waals surface area contributed by atoms with E-state index in [-0.39, 0.29) is 0 Å². The summed E-state index contributed by atoms with van der Waals surface area (Å²) in [5.74, 6) is 1.55. The topological polar surface area (TPSA) is 43.0 Å². The molecule has 0 radical (unpaired) electrons. The van der Waals surface area contributed by atoms with Crippen molar-refractivity contribution in [3.63, 3.8) is 0 Å². The molecule has 1 N–H and O–H groups in total. The maximum Gasteiger partial charge on any atom is 0.161 e. The summed E-state index contributed by atoms with van der Waals surface area (Å²) in [6.07, 6.45) is 1.15. The third kappa shape index (κ3) is 6.51. The molecule has 0 spiro atoms. The second-order valence-corrected chi connectivity index (χ2v) is 7.24. The highest BCUT2D eigenvalue weighted by Gasteiger charge is 2.09. The van der Waals surface area contributed by atoms with Crippen molar-refractivity contribution in [1.29, 1.82) is 0 Å². The van der Waals surface area contributed by atoms with Gasteiger partial charge in [-0.1, -0.05) is 35.9 Å². The van der Waals surface area contributed by atoms with Crippen LogP contribution in [0.2, 0.25) is 0 Å². The van der Waals surface area contributed by atoms with Crippen LogP contribution in [0.15, 0.2) is 42.5 Å². The molecule has 1 fully saturated rings. The molecule has 0 aromatic heterocycles. The van der Waals surface area contributed by atoms with Crippen LogP contribution < -0.4 is 14.8 Å². The van der Waals surface area contributed by atoms with E-state index in [1.165, 1.54) is 11.1 Å². The summed E-state index contributed by atoms with van der Waals surface area (Å²) in [4.78, 5) is 2.47. The third-order valence-corrected chi connectivity index (χ3v) is 5.00. The first-order chi connectivity index (χ1) is 13.7. The SMILES string of the molecule is COc1cc(CNCCCN2CCOCC2)ccc1OCc1ccc(C)cc1. The lowest BCUT2D eigenvalue weighted by Gasteiger charge is -2.26. The summed E-state index contributed by atoms with van der Waals surface area (Å²) in [5.41, 5.74) is 3.60. The Balaban J connectivity index is 1.42. The van der Waals surface area contributed by atoms with E-state index in [0.717, 1.165) is 69.4 Å². The van der Waals surface area contributed by atoms with Crippen molar-refractivity contribution in [2.75, 3.05) is 46.5 Å². The van der Waals surface area contributed by atoms with E-state index in [1.54, 1.807) is 7.11 Å². The van der Waals surface area contributed by atoms with Gasteiger partial charge < -0.3 is 19.5 Å². The Morgan fingerprint density at radius 3 is 2.50 bits per heavy atom. The number of hydrogen-bond donors (Lipinski definition) is 1. The summed E-state index contributed by atoms with van der Waals surface area (Å²) < 4.78 is 16.9. The normalized spacial score (nSPS) is 14.8. The summed E-state index contributed by atoms with van der Waals surface area (Å²) in [6, 6.07) is 14.5. The van der Waals surface area contributed by atoms with Crippen molar-refractivity contribution in [3.8, 4) is 11.5 Å². The van der Waals surface area contributed by atoms with Crippen LogP contribution in [-0.2, 0) is 17.9 Å². The number of ether oxygens (including phenoxy) is 3. The third-order valence-electron chi connectivity index (χ3n) is 5.00. The van der Waals surface area contributed by atoms with E-state index in [0.29, 0.717) is 6.61 Å². The Labute approximate surface area is 168 Å². The minimum atomic E-state index is 0.537. The van der Waals surface area contributed by atoms with Crippen molar-refractivity contribution in [1.82, 2.24) is 10.2 Å². The molecule has 0 aliphatic carbocycles. The Hall–Kier alpha value is -2.08. The van der Waals surface area contributed by atoms with Gasteiger partial charge in [0, 0.05) is 19.6 Å². The number of aryl methyl sites for hydroxylation is 1. The Morgan fingerprint density at radius 1 is 1.00 bits per heavy atom. The maximum atomic E-state index is 5.96. The molecule has 5 nitrogen and oxygen atoms in total. The van der Waals surface area contributed by atoms with E-state index in [4.69, 9.17) is 14.2 Å². The van der Waals surface area contributed by atoms with Gasteiger partial charge >= 0.3 is 0 Å². The molecule has 3 rings (SSSR count). The molecule has 0 atom stereocenters. The smallest absolute Gasteiger partial charge is 0.161 e. The molecule has 0 bridgehead atoms. The van der Waals surface area contributed by atoms with E-state index in [9.17, 15) is 0 Å². The summed E-state index contributed by atoms with van der Waals surface area (Å²) in [5, 5.41) is 3.52. The lowest BCUT2D eigenvalue weighted by atomic mass is 10.1. The van der Waals surface area contributed by atoms with Crippen LogP contribution in [0, 0.1) is 6.92 Å². The quantitative estimate of drug-likeness (QED) is 0.636. The molecule has 0 saturated carbocycles. The molecular weight excluding hydrogens is 352 g/mol. The highest BCUT2D eigenvalue weighted by atomic mass is 16.5. The molecule has 5 heteroatoms. The van der Waals surface area contributed by atoms with Gasteiger partial charge in [0.1, 0.15) is 6.61 Å². The van der Waals surface area contributed by atoms with Crippen LogP contribution in [-0.4, -0.2) is 51.4 Å². The number of benzene rings is 2. The van der Waals surface area contributed by atoms with E-state index >= 15 is 0 Å². The first kappa shape index (κ1) is 20.6. The Bertz CT molecular complexity index is 712. The molecule has 1 heterocycles. The minimum Gasteiger partial charge on any atom is -0.493 e. The summed E-state index contributed by atoms with van der Waals surface area (Å²) in [6.45, 7) is 9.44. The number of nitrogens with zero attached hydrogens (tertiary/aromatic N) is 1. The molecule has 28 heavy (non-hydrogen) atoms. The van der Waals surface area contributed by atoms with Crippen molar-refractivity contribution in [3.05, 3.63) is 59.2 Å². The van der Waals surface area contributed by atoms with Crippen LogP contribution in [0.5, 0.6) is 11.5 Å². The molecule has 0 unspecified atom stereocenters. The second kappa shape index (κ2) is 11.1. The van der Waals surface area contributed by atoms with Crippen LogP contribution >= 0.6 is 0 Å². The van der Waals surface area contributed by atoms with Gasteiger partial charge in [-0.05, 0) is 49.7 Å². The van der Waals surface area contributed by atoms with Crippen molar-refractivity contribution >= 4 is 0 Å². The van der Waals surface area contributed by atoms with Gasteiger partial charge in [-0.15, -0.1) is 0 Å². The number of rotatable bonds is 10. The van der Waals surface area contributed by atoms with E-state index < -0.39 is 0 Å². The van der Waals surface area contributed by atoms with Gasteiger partial charge in [0.2, 0.25) is 0 Å². The molecule has 2 aromatic rings. The highest BCUT2D eigenvalue weighted by Crippen LogP contribution is 2.28. The molecule has 1 aliphatic rings. The lowest BCUT2D eigenvalue weighted by Crippen LogP contribution is -2.37. The highest BCUT2D eigenvalue weighted by molar-refractivity contribution is 5.43. The van der Waals surface area contributed by atoms with Crippen molar-refractivity contribution in [2.24, 2.45) is 0 Å². The fourth-order valence-electron chi connectivity index (χ4n) is 3.27. The zero-order valence-corrected chi connectivity index (χ0v) is 17.1. The molecule has 1 aliphatic heterocycles. The minimum absolute atomic E-state index is 0.537. The van der Waals surface area contributed by atoms with Gasteiger partial charge in [0.15, 0.2) is 11.5 Å². The van der Waals surface area contributed by atoms with Crippen molar-refractivity contribution in [2.45, 2.75) is 26.5 Å². The summed E-state index contributed by atoms with van der Waals surface area (Å²) in [7, 11) is 1.69. The summed E-state index contributed by atoms with van der Waals surface area (Å²) >= 11 is 0. The molecule has 1 saturated heterocycles. The van der Waals surface area contributed by atoms with Crippen molar-refractivity contribution < 1.29 is 14.2 Å². The van der Waals surface area contributed by atoms with E-state index in [1.807, 2.05) is 6.07 Å². The van der Waals surface area contributed by atoms with Gasteiger partial charge in [0.25, 0.3) is 0 Å². The first-order valence-electron chi connectivity index (χ1n) is 10.1. The lowest BCUT2D eigenvalue weighted by molar-refractivity contribution is 0.0374. The fourth-order valence-corrected chi connectivity index (χ4v) is 3.27. The van der Waals surface area contributed by atoms with Crippen LogP contribution in [0.3, 0.4) is 0 Å². The van der Waals surface area contributed by atoms with Crippen LogP contribution in [0.4, 0.5) is 0 Å². The Morgan fingerprint density at radius 2 is 1.75 bits per heavy atom. The number of hydrogen-bond acceptors (Lipinski definition) is 5. The molecular formula is C23H32N2O3. The standard InChI is InChI=1S/C23H32N2O3/c1-19-4-6-20(7-5-19)18-28-22-9-8-21(16-23(22)26-2)17-24-10-3-11-25-12-14-27-15-13-25/h4-9,16,24H,3,10-15,17-18H2,1-2H3. The van der Waals surface area contributed by atoms with E-state index in [2.05, 4.69) is 53.5 Å². The first-order valence-corrected chi connectivity index (χ1v) is 10.1. The molecule has 0 amide bonds. The van der Waals surface area contributed by atoms with Gasteiger partial charge in [0.05, 0.1) is 20.3 Å². The monoisotopic (exact) mass is 384 g/mol. The number of methoxy groups -OCH3 is 1. The average molecular weight is 385 g/mol. The van der Waals surface area contributed by atoms with Crippen LogP contribution in [0.25, 0.3) is 0 Å². The predicted molar refractivity (Wildman–Crippen MR) is 112 cm³/mol. The maximum absolute atomic E-state index is 5.96. The Kier molecular flexibility index (Phi) is 8.15. The molecule has 152 valence electrons. The van der Waals surface area contributed by atoms with Crippen LogP contribution in [0.1, 0.15) is 23.1 Å². The largest absolute Gasteiger partial charge is 0.493 e.